The molecule has 2 aromatic carbocycles. The molecule has 0 fully saturated rings. The number of rotatable bonds is 7. The summed E-state index contributed by atoms with van der Waals surface area (Å²) >= 11 is 7.77. The summed E-state index contributed by atoms with van der Waals surface area (Å²) < 4.78 is 26.2. The minimum Gasteiger partial charge on any atom is -0.465 e. The second-order valence-corrected chi connectivity index (χ2v) is 11.0. The Kier molecular flexibility index (Phi) is 8.28. The van der Waals surface area contributed by atoms with Crippen LogP contribution in [-0.4, -0.2) is 30.9 Å². The molecule has 7 nitrogen and oxygen atoms in total. The van der Waals surface area contributed by atoms with E-state index in [1.807, 2.05) is 17.5 Å². The minimum atomic E-state index is -1.18. The van der Waals surface area contributed by atoms with Crippen LogP contribution in [0.5, 0.6) is 0 Å². The number of Topliss-reactive ketones (excluding diaryl/α,β-unsaturated/α-hetero) is 1. The van der Waals surface area contributed by atoms with E-state index in [4.69, 9.17) is 26.8 Å². The number of anilines is 1. The van der Waals surface area contributed by atoms with Crippen LogP contribution in [0, 0.1) is 11.7 Å². The number of nitrogens with two attached hydrogens (primary N) is 1. The predicted octanol–water partition coefficient (Wildman–Crippen LogP) is 6.07. The van der Waals surface area contributed by atoms with Crippen LogP contribution < -0.4 is 10.6 Å². The van der Waals surface area contributed by atoms with E-state index in [2.05, 4.69) is 0 Å². The van der Waals surface area contributed by atoms with Crippen LogP contribution in [0.1, 0.15) is 42.5 Å². The predicted molar refractivity (Wildman–Crippen MR) is 155 cm³/mol. The van der Waals surface area contributed by atoms with Crippen LogP contribution >= 0.6 is 22.9 Å². The van der Waals surface area contributed by atoms with E-state index in [9.17, 15) is 14.4 Å². The highest BCUT2D eigenvalue weighted by Crippen LogP contribution is 2.52. The van der Waals surface area contributed by atoms with Gasteiger partial charge in [-0.2, -0.15) is 0 Å². The Morgan fingerprint density at radius 3 is 2.49 bits per heavy atom. The molecule has 2 N–H and O–H groups in total. The maximum absolute atomic E-state index is 15.4. The van der Waals surface area contributed by atoms with Crippen LogP contribution in [0.2, 0.25) is 5.02 Å². The first-order chi connectivity index (χ1) is 19.8. The Bertz CT molecular complexity index is 1570. The first-order valence-electron chi connectivity index (χ1n) is 13.2. The molecule has 3 aromatic rings. The molecule has 2 aliphatic rings. The SMILES string of the molecule is CCOC(=O)C1=C(N)N(c2ccccc2F)C2=C(C(=O)[C@@H](C(=O)OCC)[C@@H](c3cccs3)C2)[C@@H]1c1cccc(Cl)c1. The highest BCUT2D eigenvalue weighted by Gasteiger charge is 2.51. The van der Waals surface area contributed by atoms with Crippen LogP contribution in [0.15, 0.2) is 88.7 Å². The molecule has 1 aliphatic carbocycles. The first-order valence-corrected chi connectivity index (χ1v) is 14.5. The van der Waals surface area contributed by atoms with Gasteiger partial charge in [-0.1, -0.05) is 41.9 Å². The summed E-state index contributed by atoms with van der Waals surface area (Å²) in [6, 6.07) is 16.4. The summed E-state index contributed by atoms with van der Waals surface area (Å²) in [7, 11) is 0. The number of nitrogens with zero attached hydrogens (tertiary/aromatic N) is 1. The fourth-order valence-electron chi connectivity index (χ4n) is 5.64. The van der Waals surface area contributed by atoms with Crippen molar-refractivity contribution in [1.82, 2.24) is 0 Å². The average Bonchev–Trinajstić information content (AvgIpc) is 3.48. The number of carbonyl (C=O) groups excluding carboxylic acids is 3. The zero-order valence-corrected chi connectivity index (χ0v) is 24.0. The van der Waals surface area contributed by atoms with Crippen molar-refractivity contribution in [2.45, 2.75) is 32.1 Å². The van der Waals surface area contributed by atoms with Crippen molar-refractivity contribution >= 4 is 46.3 Å². The third-order valence-corrected chi connectivity index (χ3v) is 8.50. The van der Waals surface area contributed by atoms with E-state index in [0.717, 1.165) is 4.88 Å². The summed E-state index contributed by atoms with van der Waals surface area (Å²) in [6.07, 6.45) is 0.160. The number of halogens is 2. The molecule has 1 aromatic heterocycles. The fourth-order valence-corrected chi connectivity index (χ4v) is 6.70. The number of hydrogen-bond donors (Lipinski definition) is 1. The highest BCUT2D eigenvalue weighted by atomic mass is 35.5. The molecule has 0 unspecified atom stereocenters. The summed E-state index contributed by atoms with van der Waals surface area (Å²) in [4.78, 5) is 43.8. The van der Waals surface area contributed by atoms with Crippen molar-refractivity contribution in [3.63, 3.8) is 0 Å². The smallest absolute Gasteiger partial charge is 0.338 e. The fraction of sp³-hybridized carbons (Fsp3) is 0.258. The summed E-state index contributed by atoms with van der Waals surface area (Å²) in [5.74, 6) is -5.40. The standard InChI is InChI=1S/C31H28ClFN2O5S/c1-3-39-30(37)25-19(23-13-8-14-41-23)16-22-26(28(25)36)24(17-9-7-10-18(32)15-17)27(31(38)40-4-2)29(34)35(22)21-12-6-5-11-20(21)33/h5-15,19,24-25H,3-4,16,34H2,1-2H3/t19-,24+,25+/m1/s1. The molecular formula is C31H28ClFN2O5S. The van der Waals surface area contributed by atoms with E-state index >= 15 is 4.39 Å². The van der Waals surface area contributed by atoms with Crippen LogP contribution in [-0.2, 0) is 23.9 Å². The Labute approximate surface area is 246 Å². The largest absolute Gasteiger partial charge is 0.465 e. The topological polar surface area (TPSA) is 98.9 Å². The minimum absolute atomic E-state index is 0.0401. The Balaban J connectivity index is 1.83. The van der Waals surface area contributed by atoms with Gasteiger partial charge in [-0.15, -0.1) is 11.3 Å². The number of para-hydroxylation sites is 1. The molecule has 0 saturated carbocycles. The number of ketones is 1. The van der Waals surface area contributed by atoms with Gasteiger partial charge in [0, 0.05) is 27.1 Å². The third kappa shape index (κ3) is 5.15. The molecule has 0 amide bonds. The number of esters is 2. The quantitative estimate of drug-likeness (QED) is 0.262. The molecule has 0 bridgehead atoms. The van der Waals surface area contributed by atoms with Crippen molar-refractivity contribution < 1.29 is 28.2 Å². The number of hydrogen-bond acceptors (Lipinski definition) is 8. The molecule has 5 rings (SSSR count). The van der Waals surface area contributed by atoms with Crippen molar-refractivity contribution in [2.24, 2.45) is 11.7 Å². The third-order valence-electron chi connectivity index (χ3n) is 7.26. The first kappa shape index (κ1) is 28.6. The van der Waals surface area contributed by atoms with Crippen LogP contribution in [0.3, 0.4) is 0 Å². The van der Waals surface area contributed by atoms with Gasteiger partial charge in [-0.25, -0.2) is 9.18 Å². The lowest BCUT2D eigenvalue weighted by atomic mass is 9.68. The van der Waals surface area contributed by atoms with Gasteiger partial charge in [0.05, 0.1) is 30.4 Å². The average molecular weight is 595 g/mol. The summed E-state index contributed by atoms with van der Waals surface area (Å²) in [5.41, 5.74) is 7.83. The number of thiophene rings is 1. The zero-order valence-electron chi connectivity index (χ0n) is 22.4. The van der Waals surface area contributed by atoms with Gasteiger partial charge in [-0.05, 0) is 61.5 Å². The molecule has 0 saturated heterocycles. The van der Waals surface area contributed by atoms with Crippen molar-refractivity contribution in [3.05, 3.63) is 110 Å². The van der Waals surface area contributed by atoms with Gasteiger partial charge in [0.1, 0.15) is 17.6 Å². The maximum atomic E-state index is 15.4. The van der Waals surface area contributed by atoms with Gasteiger partial charge in [-0.3, -0.25) is 14.5 Å². The molecule has 3 atom stereocenters. The highest BCUT2D eigenvalue weighted by molar-refractivity contribution is 7.10. The zero-order chi connectivity index (χ0) is 29.3. The van der Waals surface area contributed by atoms with Gasteiger partial charge in [0.2, 0.25) is 0 Å². The Morgan fingerprint density at radius 1 is 1.07 bits per heavy atom. The molecule has 1 aliphatic heterocycles. The second-order valence-electron chi connectivity index (χ2n) is 9.57. The molecule has 41 heavy (non-hydrogen) atoms. The normalized spacial score (nSPS) is 20.6. The lowest BCUT2D eigenvalue weighted by Crippen LogP contribution is -2.46. The Morgan fingerprint density at radius 2 is 1.83 bits per heavy atom. The second kappa shape index (κ2) is 11.9. The van der Waals surface area contributed by atoms with E-state index < -0.39 is 41.3 Å². The van der Waals surface area contributed by atoms with E-state index in [-0.39, 0.29) is 42.3 Å². The van der Waals surface area contributed by atoms with Crippen molar-refractivity contribution in [3.8, 4) is 0 Å². The monoisotopic (exact) mass is 594 g/mol. The summed E-state index contributed by atoms with van der Waals surface area (Å²) in [5, 5.41) is 2.24. The van der Waals surface area contributed by atoms with Gasteiger partial charge in [0.25, 0.3) is 0 Å². The molecule has 2 heterocycles. The van der Waals surface area contributed by atoms with E-state index in [1.54, 1.807) is 44.2 Å². The lowest BCUT2D eigenvalue weighted by Gasteiger charge is -2.43. The number of benzene rings is 2. The Hall–Kier alpha value is -3.95. The lowest BCUT2D eigenvalue weighted by molar-refractivity contribution is -0.152. The molecule has 0 spiro atoms. The van der Waals surface area contributed by atoms with Gasteiger partial charge in [0.15, 0.2) is 5.78 Å². The number of ether oxygens (including phenoxy) is 2. The van der Waals surface area contributed by atoms with Crippen molar-refractivity contribution in [1.29, 1.82) is 0 Å². The van der Waals surface area contributed by atoms with E-state index in [1.165, 1.54) is 34.4 Å². The van der Waals surface area contributed by atoms with Gasteiger partial charge >= 0.3 is 11.9 Å². The molecular weight excluding hydrogens is 567 g/mol. The molecule has 212 valence electrons. The number of allylic oxidation sites excluding steroid dienone is 2. The maximum Gasteiger partial charge on any atom is 0.338 e. The molecule has 10 heteroatoms. The molecule has 0 radical (unpaired) electrons. The van der Waals surface area contributed by atoms with E-state index in [0.29, 0.717) is 16.3 Å². The number of carbonyl (C=O) groups is 3. The van der Waals surface area contributed by atoms with Crippen LogP contribution in [0.4, 0.5) is 10.1 Å². The van der Waals surface area contributed by atoms with Gasteiger partial charge < -0.3 is 15.2 Å². The van der Waals surface area contributed by atoms with Crippen LogP contribution in [0.25, 0.3) is 0 Å². The summed E-state index contributed by atoms with van der Waals surface area (Å²) in [6.45, 7) is 3.46. The van der Waals surface area contributed by atoms with Crippen molar-refractivity contribution in [2.75, 3.05) is 18.1 Å².